The molecule has 1 amide bonds. The Kier molecular flexibility index (Phi) is 5.08. The number of carbonyl (C=O) groups is 1. The molecule has 0 saturated heterocycles. The van der Waals surface area contributed by atoms with E-state index in [1.807, 2.05) is 55.4 Å². The fourth-order valence-electron chi connectivity index (χ4n) is 2.23. The molecule has 6 heteroatoms. The van der Waals surface area contributed by atoms with Crippen molar-refractivity contribution in [2.45, 2.75) is 0 Å². The number of nitrogens with zero attached hydrogens (tertiary/aromatic N) is 2. The number of ether oxygens (including phenoxy) is 1. The number of likely N-dealkylation sites (N-methyl/N-ethyl adjacent to an activating group) is 1. The van der Waals surface area contributed by atoms with E-state index < -0.39 is 0 Å². The number of para-hydroxylation sites is 2. The molecule has 0 unspecified atom stereocenters. The first-order valence-electron chi connectivity index (χ1n) is 7.64. The smallest absolute Gasteiger partial charge is 0.255 e. The maximum Gasteiger partial charge on any atom is 0.255 e. The number of carbonyl (C=O) groups excluding carboxylic acids is 1. The highest BCUT2D eigenvalue weighted by atomic mass is 32.1. The van der Waals surface area contributed by atoms with Crippen LogP contribution in [0.25, 0.3) is 10.2 Å². The van der Waals surface area contributed by atoms with Gasteiger partial charge in [-0.15, -0.1) is 11.3 Å². The van der Waals surface area contributed by atoms with Gasteiger partial charge in [0.15, 0.2) is 0 Å². The minimum atomic E-state index is -0.173. The van der Waals surface area contributed by atoms with E-state index in [0.717, 1.165) is 16.8 Å². The van der Waals surface area contributed by atoms with Crippen LogP contribution < -0.4 is 10.1 Å². The molecule has 2 aromatic carbocycles. The lowest BCUT2D eigenvalue weighted by Gasteiger charge is -2.14. The number of thiazole rings is 1. The summed E-state index contributed by atoms with van der Waals surface area (Å²) >= 11 is 1.56. The summed E-state index contributed by atoms with van der Waals surface area (Å²) in [6, 6.07) is 13.0. The number of hydrogen-bond acceptors (Lipinski definition) is 5. The molecule has 5 nitrogen and oxygen atoms in total. The molecule has 24 heavy (non-hydrogen) atoms. The van der Waals surface area contributed by atoms with Crippen molar-refractivity contribution < 1.29 is 9.53 Å². The standard InChI is InChI=1S/C18H19N3O2S/c1-21(2)9-10-23-16-6-4-3-5-14(16)20-18(22)13-7-8-17-15(11-13)19-12-24-17/h3-8,11-12H,9-10H2,1-2H3,(H,20,22). The molecule has 0 saturated carbocycles. The normalized spacial score (nSPS) is 11.0. The SMILES string of the molecule is CN(C)CCOc1ccccc1NC(=O)c1ccc2scnc2c1. The second-order valence-electron chi connectivity index (χ2n) is 5.64. The third-order valence-electron chi connectivity index (χ3n) is 3.52. The van der Waals surface area contributed by atoms with Gasteiger partial charge >= 0.3 is 0 Å². The van der Waals surface area contributed by atoms with Crippen molar-refractivity contribution in [1.82, 2.24) is 9.88 Å². The van der Waals surface area contributed by atoms with Crippen LogP contribution in [0.15, 0.2) is 48.0 Å². The highest BCUT2D eigenvalue weighted by Crippen LogP contribution is 2.25. The number of amides is 1. The molecular formula is C18H19N3O2S. The first-order valence-corrected chi connectivity index (χ1v) is 8.52. The zero-order chi connectivity index (χ0) is 16.9. The molecular weight excluding hydrogens is 322 g/mol. The quantitative estimate of drug-likeness (QED) is 0.746. The molecule has 124 valence electrons. The summed E-state index contributed by atoms with van der Waals surface area (Å²) in [5.74, 6) is 0.496. The van der Waals surface area contributed by atoms with Crippen LogP contribution in [0.1, 0.15) is 10.4 Å². The first-order chi connectivity index (χ1) is 11.6. The third kappa shape index (κ3) is 3.90. The van der Waals surface area contributed by atoms with E-state index in [1.54, 1.807) is 22.9 Å². The van der Waals surface area contributed by atoms with Crippen molar-refractivity contribution in [1.29, 1.82) is 0 Å². The van der Waals surface area contributed by atoms with E-state index in [1.165, 1.54) is 0 Å². The lowest BCUT2D eigenvalue weighted by atomic mass is 10.2. The predicted molar refractivity (Wildman–Crippen MR) is 98.1 cm³/mol. The lowest BCUT2D eigenvalue weighted by molar-refractivity contribution is 0.102. The fourth-order valence-corrected chi connectivity index (χ4v) is 2.89. The molecule has 1 N–H and O–H groups in total. The lowest BCUT2D eigenvalue weighted by Crippen LogP contribution is -2.20. The largest absolute Gasteiger partial charge is 0.490 e. The number of nitrogens with one attached hydrogen (secondary N) is 1. The van der Waals surface area contributed by atoms with Gasteiger partial charge in [0.05, 0.1) is 21.4 Å². The minimum Gasteiger partial charge on any atom is -0.490 e. The van der Waals surface area contributed by atoms with Crippen molar-refractivity contribution in [3.05, 3.63) is 53.5 Å². The van der Waals surface area contributed by atoms with Gasteiger partial charge in [0.1, 0.15) is 12.4 Å². The zero-order valence-corrected chi connectivity index (χ0v) is 14.5. The Bertz CT molecular complexity index is 845. The summed E-state index contributed by atoms with van der Waals surface area (Å²) in [7, 11) is 3.98. The number of benzene rings is 2. The van der Waals surface area contributed by atoms with Crippen molar-refractivity contribution in [3.8, 4) is 5.75 Å². The molecule has 0 spiro atoms. The van der Waals surface area contributed by atoms with Crippen LogP contribution in [0.3, 0.4) is 0 Å². The number of aromatic nitrogens is 1. The molecule has 0 radical (unpaired) electrons. The van der Waals surface area contributed by atoms with Gasteiger partial charge in [-0.05, 0) is 44.4 Å². The van der Waals surface area contributed by atoms with Gasteiger partial charge in [-0.25, -0.2) is 4.98 Å². The minimum absolute atomic E-state index is 0.173. The van der Waals surface area contributed by atoms with E-state index >= 15 is 0 Å². The Morgan fingerprint density at radius 2 is 2.08 bits per heavy atom. The highest BCUT2D eigenvalue weighted by Gasteiger charge is 2.11. The number of hydrogen-bond donors (Lipinski definition) is 1. The van der Waals surface area contributed by atoms with E-state index in [-0.39, 0.29) is 5.91 Å². The van der Waals surface area contributed by atoms with Gasteiger partial charge in [-0.3, -0.25) is 4.79 Å². The molecule has 3 rings (SSSR count). The first kappa shape index (κ1) is 16.4. The van der Waals surface area contributed by atoms with E-state index in [9.17, 15) is 4.79 Å². The van der Waals surface area contributed by atoms with E-state index in [4.69, 9.17) is 4.74 Å². The van der Waals surface area contributed by atoms with Gasteiger partial charge in [-0.2, -0.15) is 0 Å². The van der Waals surface area contributed by atoms with Gasteiger partial charge in [0, 0.05) is 12.1 Å². The topological polar surface area (TPSA) is 54.5 Å². The monoisotopic (exact) mass is 341 g/mol. The average Bonchev–Trinajstić information content (AvgIpc) is 3.03. The molecule has 0 aliphatic heterocycles. The molecule has 3 aromatic rings. The van der Waals surface area contributed by atoms with Crippen LogP contribution in [-0.2, 0) is 0 Å². The van der Waals surface area contributed by atoms with Crippen LogP contribution in [0, 0.1) is 0 Å². The summed E-state index contributed by atoms with van der Waals surface area (Å²) in [5, 5.41) is 2.92. The fraction of sp³-hybridized carbons (Fsp3) is 0.222. The second-order valence-corrected chi connectivity index (χ2v) is 6.52. The Morgan fingerprint density at radius 1 is 1.25 bits per heavy atom. The summed E-state index contributed by atoms with van der Waals surface area (Å²) < 4.78 is 6.84. The Morgan fingerprint density at radius 3 is 2.92 bits per heavy atom. The number of fused-ring (bicyclic) bond motifs is 1. The van der Waals surface area contributed by atoms with Crippen molar-refractivity contribution >= 4 is 33.1 Å². The van der Waals surface area contributed by atoms with Gasteiger partial charge in [0.25, 0.3) is 5.91 Å². The average molecular weight is 341 g/mol. The Balaban J connectivity index is 1.73. The summed E-state index contributed by atoms with van der Waals surface area (Å²) in [6.45, 7) is 1.37. The van der Waals surface area contributed by atoms with Gasteiger partial charge < -0.3 is 15.0 Å². The van der Waals surface area contributed by atoms with Crippen molar-refractivity contribution in [2.75, 3.05) is 32.6 Å². The summed E-state index contributed by atoms with van der Waals surface area (Å²) in [4.78, 5) is 18.8. The van der Waals surface area contributed by atoms with E-state index in [0.29, 0.717) is 23.6 Å². The molecule has 1 heterocycles. The summed E-state index contributed by atoms with van der Waals surface area (Å²) in [5.41, 5.74) is 3.86. The molecule has 0 fully saturated rings. The Labute approximate surface area is 144 Å². The zero-order valence-electron chi connectivity index (χ0n) is 13.7. The van der Waals surface area contributed by atoms with Gasteiger partial charge in [-0.1, -0.05) is 12.1 Å². The van der Waals surface area contributed by atoms with Crippen molar-refractivity contribution in [2.24, 2.45) is 0 Å². The maximum absolute atomic E-state index is 12.5. The Hall–Kier alpha value is -2.44. The van der Waals surface area contributed by atoms with Crippen LogP contribution in [0.4, 0.5) is 5.69 Å². The molecule has 0 aliphatic carbocycles. The van der Waals surface area contributed by atoms with Gasteiger partial charge in [0.2, 0.25) is 0 Å². The number of rotatable bonds is 6. The summed E-state index contributed by atoms with van der Waals surface area (Å²) in [6.07, 6.45) is 0. The molecule has 0 bridgehead atoms. The highest BCUT2D eigenvalue weighted by molar-refractivity contribution is 7.16. The van der Waals surface area contributed by atoms with E-state index in [2.05, 4.69) is 10.3 Å². The van der Waals surface area contributed by atoms with Crippen LogP contribution in [0.2, 0.25) is 0 Å². The molecule has 0 aliphatic rings. The molecule has 1 aromatic heterocycles. The van der Waals surface area contributed by atoms with Crippen LogP contribution in [0.5, 0.6) is 5.75 Å². The predicted octanol–water partition coefficient (Wildman–Crippen LogP) is 3.49. The van der Waals surface area contributed by atoms with Crippen LogP contribution >= 0.6 is 11.3 Å². The third-order valence-corrected chi connectivity index (χ3v) is 4.33. The molecule has 0 atom stereocenters. The maximum atomic E-state index is 12.5. The number of anilines is 1. The van der Waals surface area contributed by atoms with Crippen molar-refractivity contribution in [3.63, 3.8) is 0 Å². The second kappa shape index (κ2) is 7.42. The van der Waals surface area contributed by atoms with Crippen LogP contribution in [-0.4, -0.2) is 43.0 Å².